The molecule has 0 atom stereocenters. The minimum atomic E-state index is -0.259. The van der Waals surface area contributed by atoms with E-state index in [0.29, 0.717) is 19.7 Å². The maximum Gasteiger partial charge on any atom is 0.410 e. The molecule has 2 heterocycles. The van der Waals surface area contributed by atoms with Crippen LogP contribution in [0.15, 0.2) is 6.07 Å². The summed E-state index contributed by atoms with van der Waals surface area (Å²) in [5.74, 6) is 0.752. The van der Waals surface area contributed by atoms with E-state index in [1.165, 1.54) is 0 Å². The van der Waals surface area contributed by atoms with Crippen molar-refractivity contribution >= 4 is 11.9 Å². The molecule has 0 aliphatic carbocycles. The third kappa shape index (κ3) is 2.69. The summed E-state index contributed by atoms with van der Waals surface area (Å²) >= 11 is 0. The molecule has 1 aliphatic rings. The zero-order valence-corrected chi connectivity index (χ0v) is 10.8. The molecule has 0 spiro atoms. The maximum absolute atomic E-state index is 11.7. The standard InChI is InChI=1S/C12H18N4O2/c1-3-13-11-7-9-8-16(12(17)18-4-2)6-5-10(9)14-15-11/h7H,3-6,8H2,1-2H3,(H,13,15). The van der Waals surface area contributed by atoms with Crippen molar-refractivity contribution in [1.82, 2.24) is 15.1 Å². The first kappa shape index (κ1) is 12.6. The van der Waals surface area contributed by atoms with Crippen molar-refractivity contribution < 1.29 is 9.53 Å². The van der Waals surface area contributed by atoms with E-state index in [2.05, 4.69) is 15.5 Å². The van der Waals surface area contributed by atoms with Gasteiger partial charge in [0.25, 0.3) is 0 Å². The van der Waals surface area contributed by atoms with Gasteiger partial charge < -0.3 is 15.0 Å². The van der Waals surface area contributed by atoms with Gasteiger partial charge in [-0.25, -0.2) is 4.79 Å². The third-order valence-corrected chi connectivity index (χ3v) is 2.82. The predicted molar refractivity (Wildman–Crippen MR) is 67.3 cm³/mol. The molecule has 1 amide bonds. The number of hydrogen-bond donors (Lipinski definition) is 1. The summed E-state index contributed by atoms with van der Waals surface area (Å²) in [6.45, 7) is 6.20. The van der Waals surface area contributed by atoms with Crippen LogP contribution in [0.4, 0.5) is 10.6 Å². The van der Waals surface area contributed by atoms with Crippen molar-refractivity contribution in [3.63, 3.8) is 0 Å². The Hall–Kier alpha value is -1.85. The fourth-order valence-electron chi connectivity index (χ4n) is 1.97. The number of nitrogens with zero attached hydrogens (tertiary/aromatic N) is 3. The number of aromatic nitrogens is 2. The van der Waals surface area contributed by atoms with Gasteiger partial charge in [-0.15, -0.1) is 5.10 Å². The molecular formula is C12H18N4O2. The quantitative estimate of drug-likeness (QED) is 0.878. The number of fused-ring (bicyclic) bond motifs is 1. The first-order valence-electron chi connectivity index (χ1n) is 6.25. The summed E-state index contributed by atoms with van der Waals surface area (Å²) in [6, 6.07) is 1.96. The normalized spacial score (nSPS) is 14.0. The van der Waals surface area contributed by atoms with Gasteiger partial charge in [-0.1, -0.05) is 0 Å². The second kappa shape index (κ2) is 5.66. The molecule has 1 aromatic rings. The molecule has 0 saturated heterocycles. The summed E-state index contributed by atoms with van der Waals surface area (Å²) in [5, 5.41) is 11.4. The van der Waals surface area contributed by atoms with Crippen LogP contribution in [0.25, 0.3) is 0 Å². The Bertz CT molecular complexity index is 436. The number of rotatable bonds is 3. The van der Waals surface area contributed by atoms with E-state index in [-0.39, 0.29) is 6.09 Å². The molecule has 18 heavy (non-hydrogen) atoms. The summed E-state index contributed by atoms with van der Waals surface area (Å²) in [6.07, 6.45) is 0.470. The van der Waals surface area contributed by atoms with Crippen molar-refractivity contribution in [2.24, 2.45) is 0 Å². The lowest BCUT2D eigenvalue weighted by atomic mass is 10.1. The molecule has 98 valence electrons. The lowest BCUT2D eigenvalue weighted by Gasteiger charge is -2.27. The number of anilines is 1. The van der Waals surface area contributed by atoms with E-state index in [4.69, 9.17) is 4.74 Å². The lowest BCUT2D eigenvalue weighted by molar-refractivity contribution is 0.102. The molecule has 0 bridgehead atoms. The zero-order chi connectivity index (χ0) is 13.0. The van der Waals surface area contributed by atoms with Gasteiger partial charge in [0.2, 0.25) is 0 Å². The van der Waals surface area contributed by atoms with E-state index in [1.807, 2.05) is 19.9 Å². The SMILES string of the molecule is CCNc1cc2c(nn1)CCN(C(=O)OCC)C2. The Kier molecular flexibility index (Phi) is 3.96. The Balaban J connectivity index is 2.11. The van der Waals surface area contributed by atoms with Gasteiger partial charge in [-0.05, 0) is 25.5 Å². The smallest absolute Gasteiger partial charge is 0.410 e. The van der Waals surface area contributed by atoms with Crippen LogP contribution in [0.5, 0.6) is 0 Å². The van der Waals surface area contributed by atoms with Crippen LogP contribution in [0.1, 0.15) is 25.1 Å². The molecule has 6 nitrogen and oxygen atoms in total. The van der Waals surface area contributed by atoms with Gasteiger partial charge in [0.15, 0.2) is 0 Å². The number of amides is 1. The highest BCUT2D eigenvalue weighted by molar-refractivity contribution is 5.68. The van der Waals surface area contributed by atoms with Crippen LogP contribution in [0.3, 0.4) is 0 Å². The van der Waals surface area contributed by atoms with Gasteiger partial charge >= 0.3 is 6.09 Å². The van der Waals surface area contributed by atoms with Crippen LogP contribution >= 0.6 is 0 Å². The van der Waals surface area contributed by atoms with Gasteiger partial charge in [-0.3, -0.25) is 0 Å². The maximum atomic E-state index is 11.7. The minimum absolute atomic E-state index is 0.259. The van der Waals surface area contributed by atoms with Crippen molar-refractivity contribution in [2.75, 3.05) is 25.0 Å². The van der Waals surface area contributed by atoms with Crippen LogP contribution in [0, 0.1) is 0 Å². The second-order valence-corrected chi connectivity index (χ2v) is 4.10. The predicted octanol–water partition coefficient (Wildman–Crippen LogP) is 1.42. The fraction of sp³-hybridized carbons (Fsp3) is 0.583. The Morgan fingerprint density at radius 2 is 2.33 bits per heavy atom. The van der Waals surface area contributed by atoms with Gasteiger partial charge in [0.1, 0.15) is 5.82 Å². The van der Waals surface area contributed by atoms with Crippen LogP contribution < -0.4 is 5.32 Å². The Morgan fingerprint density at radius 1 is 1.50 bits per heavy atom. The third-order valence-electron chi connectivity index (χ3n) is 2.82. The van der Waals surface area contributed by atoms with E-state index >= 15 is 0 Å². The number of carbonyl (C=O) groups excluding carboxylic acids is 1. The van der Waals surface area contributed by atoms with Gasteiger partial charge in [0, 0.05) is 19.5 Å². The first-order chi connectivity index (χ1) is 8.74. The highest BCUT2D eigenvalue weighted by atomic mass is 16.6. The summed E-state index contributed by atoms with van der Waals surface area (Å²) in [5.41, 5.74) is 2.01. The molecule has 0 aromatic carbocycles. The number of carbonyl (C=O) groups is 1. The fourth-order valence-corrected chi connectivity index (χ4v) is 1.97. The zero-order valence-electron chi connectivity index (χ0n) is 10.8. The molecular weight excluding hydrogens is 232 g/mol. The van der Waals surface area contributed by atoms with Crippen molar-refractivity contribution in [1.29, 1.82) is 0 Å². The molecule has 1 N–H and O–H groups in total. The molecule has 1 aliphatic heterocycles. The second-order valence-electron chi connectivity index (χ2n) is 4.10. The molecule has 1 aromatic heterocycles. The van der Waals surface area contributed by atoms with Crippen LogP contribution in [-0.4, -0.2) is 40.9 Å². The highest BCUT2D eigenvalue weighted by Gasteiger charge is 2.23. The number of hydrogen-bond acceptors (Lipinski definition) is 5. The van der Waals surface area contributed by atoms with Crippen molar-refractivity contribution in [2.45, 2.75) is 26.8 Å². The molecule has 0 fully saturated rings. The Labute approximate surface area is 106 Å². The van der Waals surface area contributed by atoms with E-state index < -0.39 is 0 Å². The monoisotopic (exact) mass is 250 g/mol. The highest BCUT2D eigenvalue weighted by Crippen LogP contribution is 2.19. The number of nitrogens with one attached hydrogen (secondary N) is 1. The molecule has 0 saturated carbocycles. The Morgan fingerprint density at radius 3 is 3.06 bits per heavy atom. The van der Waals surface area contributed by atoms with Crippen molar-refractivity contribution in [3.8, 4) is 0 Å². The molecule has 2 rings (SSSR count). The topological polar surface area (TPSA) is 67.4 Å². The van der Waals surface area contributed by atoms with Crippen LogP contribution in [-0.2, 0) is 17.7 Å². The first-order valence-corrected chi connectivity index (χ1v) is 6.25. The minimum Gasteiger partial charge on any atom is -0.450 e. The van der Waals surface area contributed by atoms with Crippen molar-refractivity contribution in [3.05, 3.63) is 17.3 Å². The molecule has 0 radical (unpaired) electrons. The van der Waals surface area contributed by atoms with Crippen LogP contribution in [0.2, 0.25) is 0 Å². The molecule has 0 unspecified atom stereocenters. The summed E-state index contributed by atoms with van der Waals surface area (Å²) in [4.78, 5) is 13.4. The van der Waals surface area contributed by atoms with E-state index in [0.717, 1.165) is 30.0 Å². The number of ether oxygens (including phenoxy) is 1. The van der Waals surface area contributed by atoms with Gasteiger partial charge in [-0.2, -0.15) is 5.10 Å². The van der Waals surface area contributed by atoms with Gasteiger partial charge in [0.05, 0.1) is 18.8 Å². The molecule has 6 heteroatoms. The van der Waals surface area contributed by atoms with E-state index in [9.17, 15) is 4.79 Å². The average Bonchev–Trinajstić information content (AvgIpc) is 2.38. The summed E-state index contributed by atoms with van der Waals surface area (Å²) < 4.78 is 5.01. The van der Waals surface area contributed by atoms with E-state index in [1.54, 1.807) is 4.90 Å². The lowest BCUT2D eigenvalue weighted by Crippen LogP contribution is -2.36. The largest absolute Gasteiger partial charge is 0.450 e. The average molecular weight is 250 g/mol. The summed E-state index contributed by atoms with van der Waals surface area (Å²) in [7, 11) is 0.